The number of hydrogen-bond donors (Lipinski definition) is 1. The van der Waals surface area contributed by atoms with E-state index in [1.807, 2.05) is 6.92 Å². The van der Waals surface area contributed by atoms with Gasteiger partial charge in [0.05, 0.1) is 5.41 Å². The molecule has 12 heavy (non-hydrogen) atoms. The monoisotopic (exact) mass is 170 g/mol. The predicted octanol–water partition coefficient (Wildman–Crippen LogP) is 0.592. The second-order valence-corrected chi connectivity index (χ2v) is 4.95. The van der Waals surface area contributed by atoms with Crippen LogP contribution in [0, 0.1) is 5.41 Å². The summed E-state index contributed by atoms with van der Waals surface area (Å²) in [6.07, 6.45) is 0. The molecule has 0 aromatic carbocycles. The highest BCUT2D eigenvalue weighted by Crippen LogP contribution is 2.34. The second kappa shape index (κ2) is 2.46. The van der Waals surface area contributed by atoms with Gasteiger partial charge < -0.3 is 5.73 Å². The Morgan fingerprint density at radius 2 is 1.83 bits per heavy atom. The van der Waals surface area contributed by atoms with Gasteiger partial charge in [-0.1, -0.05) is 0 Å². The maximum absolute atomic E-state index is 11.0. The molecule has 1 aliphatic rings. The number of nitrogens with two attached hydrogens (primary N) is 1. The summed E-state index contributed by atoms with van der Waals surface area (Å²) in [5.74, 6) is -0.178. The van der Waals surface area contributed by atoms with Crippen LogP contribution in [-0.2, 0) is 4.79 Å². The normalized spacial score (nSPS) is 23.3. The van der Waals surface area contributed by atoms with E-state index in [1.165, 1.54) is 0 Å². The Balaban J connectivity index is 2.53. The van der Waals surface area contributed by atoms with Gasteiger partial charge >= 0.3 is 0 Å². The van der Waals surface area contributed by atoms with Crippen LogP contribution in [0.3, 0.4) is 0 Å². The van der Waals surface area contributed by atoms with E-state index < -0.39 is 0 Å². The SMILES string of the molecule is CC1(C(N)=O)CN(C(C)(C)C)C1. The minimum atomic E-state index is -0.284. The fraction of sp³-hybridized carbons (Fsp3) is 0.889. The third kappa shape index (κ3) is 1.46. The number of carbonyl (C=O) groups excluding carboxylic acids is 1. The number of rotatable bonds is 1. The van der Waals surface area contributed by atoms with Crippen molar-refractivity contribution in [1.29, 1.82) is 0 Å². The van der Waals surface area contributed by atoms with Gasteiger partial charge in [0.15, 0.2) is 0 Å². The Hall–Kier alpha value is -0.570. The molecule has 0 atom stereocenters. The van der Waals surface area contributed by atoms with Gasteiger partial charge in [-0.15, -0.1) is 0 Å². The predicted molar refractivity (Wildman–Crippen MR) is 48.6 cm³/mol. The van der Waals surface area contributed by atoms with Crippen LogP contribution >= 0.6 is 0 Å². The molecule has 0 saturated carbocycles. The van der Waals surface area contributed by atoms with Crippen molar-refractivity contribution in [2.24, 2.45) is 11.1 Å². The molecule has 1 rings (SSSR count). The Morgan fingerprint density at radius 1 is 1.42 bits per heavy atom. The van der Waals surface area contributed by atoms with Crippen molar-refractivity contribution in [2.45, 2.75) is 33.2 Å². The van der Waals surface area contributed by atoms with E-state index in [9.17, 15) is 4.79 Å². The molecule has 1 aliphatic heterocycles. The molecule has 1 heterocycles. The van der Waals surface area contributed by atoms with Gasteiger partial charge in [0.1, 0.15) is 0 Å². The molecule has 1 fully saturated rings. The molecule has 1 amide bonds. The average molecular weight is 170 g/mol. The topological polar surface area (TPSA) is 46.3 Å². The molecule has 3 nitrogen and oxygen atoms in total. The summed E-state index contributed by atoms with van der Waals surface area (Å²) >= 11 is 0. The van der Waals surface area contributed by atoms with Crippen molar-refractivity contribution in [3.63, 3.8) is 0 Å². The van der Waals surface area contributed by atoms with E-state index in [1.54, 1.807) is 0 Å². The van der Waals surface area contributed by atoms with Crippen LogP contribution in [0.15, 0.2) is 0 Å². The third-order valence-electron chi connectivity index (χ3n) is 2.62. The van der Waals surface area contributed by atoms with Crippen LogP contribution < -0.4 is 5.73 Å². The molecule has 0 radical (unpaired) electrons. The van der Waals surface area contributed by atoms with Crippen LogP contribution in [0.25, 0.3) is 0 Å². The van der Waals surface area contributed by atoms with Gasteiger partial charge in [0.25, 0.3) is 0 Å². The number of likely N-dealkylation sites (tertiary alicyclic amines) is 1. The molecule has 2 N–H and O–H groups in total. The maximum Gasteiger partial charge on any atom is 0.225 e. The first kappa shape index (κ1) is 9.52. The standard InChI is InChI=1S/C9H18N2O/c1-8(2,3)11-5-9(4,6-11)7(10)12/h5-6H2,1-4H3,(H2,10,12). The van der Waals surface area contributed by atoms with Crippen LogP contribution in [0.4, 0.5) is 0 Å². The van der Waals surface area contributed by atoms with E-state index in [-0.39, 0.29) is 16.9 Å². The summed E-state index contributed by atoms with van der Waals surface area (Å²) in [5.41, 5.74) is 5.15. The van der Waals surface area contributed by atoms with Gasteiger partial charge in [-0.3, -0.25) is 9.69 Å². The maximum atomic E-state index is 11.0. The summed E-state index contributed by atoms with van der Waals surface area (Å²) in [6.45, 7) is 9.96. The van der Waals surface area contributed by atoms with Gasteiger partial charge in [0, 0.05) is 18.6 Å². The first-order valence-corrected chi connectivity index (χ1v) is 4.31. The Morgan fingerprint density at radius 3 is 2.08 bits per heavy atom. The molecule has 0 aliphatic carbocycles. The third-order valence-corrected chi connectivity index (χ3v) is 2.62. The van der Waals surface area contributed by atoms with Crippen LogP contribution in [0.5, 0.6) is 0 Å². The second-order valence-electron chi connectivity index (χ2n) is 4.95. The van der Waals surface area contributed by atoms with Crippen molar-refractivity contribution in [1.82, 2.24) is 4.90 Å². The molecular weight excluding hydrogens is 152 g/mol. The van der Waals surface area contributed by atoms with E-state index in [0.29, 0.717) is 0 Å². The number of carbonyl (C=O) groups is 1. The van der Waals surface area contributed by atoms with Crippen molar-refractivity contribution in [3.05, 3.63) is 0 Å². The number of hydrogen-bond acceptors (Lipinski definition) is 2. The van der Waals surface area contributed by atoms with Gasteiger partial charge in [-0.05, 0) is 27.7 Å². The molecule has 0 aromatic heterocycles. The Kier molecular flexibility index (Phi) is 1.95. The average Bonchev–Trinajstić information content (AvgIpc) is 1.77. The minimum absolute atomic E-state index is 0.162. The largest absolute Gasteiger partial charge is 0.369 e. The van der Waals surface area contributed by atoms with Crippen molar-refractivity contribution in [2.75, 3.05) is 13.1 Å². The highest BCUT2D eigenvalue weighted by atomic mass is 16.1. The summed E-state index contributed by atoms with van der Waals surface area (Å²) in [6, 6.07) is 0. The molecule has 3 heteroatoms. The van der Waals surface area contributed by atoms with Crippen molar-refractivity contribution >= 4 is 5.91 Å². The molecule has 70 valence electrons. The summed E-state index contributed by atoms with van der Waals surface area (Å²) in [5, 5.41) is 0. The smallest absolute Gasteiger partial charge is 0.225 e. The van der Waals surface area contributed by atoms with Crippen LogP contribution in [0.1, 0.15) is 27.7 Å². The quantitative estimate of drug-likeness (QED) is 0.626. The van der Waals surface area contributed by atoms with E-state index in [0.717, 1.165) is 13.1 Å². The number of amides is 1. The van der Waals surface area contributed by atoms with E-state index in [4.69, 9.17) is 5.73 Å². The lowest BCUT2D eigenvalue weighted by Crippen LogP contribution is -2.65. The van der Waals surface area contributed by atoms with E-state index >= 15 is 0 Å². The lowest BCUT2D eigenvalue weighted by molar-refractivity contribution is -0.141. The highest BCUT2D eigenvalue weighted by molar-refractivity contribution is 5.82. The van der Waals surface area contributed by atoms with Gasteiger partial charge in [-0.25, -0.2) is 0 Å². The molecular formula is C9H18N2O. The zero-order valence-corrected chi connectivity index (χ0v) is 8.35. The zero-order valence-electron chi connectivity index (χ0n) is 8.35. The Bertz CT molecular complexity index is 199. The first-order chi connectivity index (χ1) is 5.26. The molecule has 1 saturated heterocycles. The summed E-state index contributed by atoms with van der Waals surface area (Å²) < 4.78 is 0. The highest BCUT2D eigenvalue weighted by Gasteiger charge is 2.47. The molecule has 0 unspecified atom stereocenters. The minimum Gasteiger partial charge on any atom is -0.369 e. The van der Waals surface area contributed by atoms with Crippen LogP contribution in [-0.4, -0.2) is 29.4 Å². The fourth-order valence-corrected chi connectivity index (χ4v) is 1.43. The zero-order chi connectivity index (χ0) is 9.57. The molecule has 0 spiro atoms. The lowest BCUT2D eigenvalue weighted by atomic mass is 9.78. The molecule has 0 bridgehead atoms. The van der Waals surface area contributed by atoms with Crippen molar-refractivity contribution < 1.29 is 4.79 Å². The lowest BCUT2D eigenvalue weighted by Gasteiger charge is -2.52. The van der Waals surface area contributed by atoms with Crippen molar-refractivity contribution in [3.8, 4) is 0 Å². The van der Waals surface area contributed by atoms with Gasteiger partial charge in [-0.2, -0.15) is 0 Å². The first-order valence-electron chi connectivity index (χ1n) is 4.31. The van der Waals surface area contributed by atoms with Crippen LogP contribution in [0.2, 0.25) is 0 Å². The number of nitrogens with zero attached hydrogens (tertiary/aromatic N) is 1. The summed E-state index contributed by atoms with van der Waals surface area (Å²) in [4.78, 5) is 13.2. The summed E-state index contributed by atoms with van der Waals surface area (Å²) in [7, 11) is 0. The molecule has 0 aromatic rings. The van der Waals surface area contributed by atoms with E-state index in [2.05, 4.69) is 25.7 Å². The fourth-order valence-electron chi connectivity index (χ4n) is 1.43. The number of primary amides is 1. The van der Waals surface area contributed by atoms with Gasteiger partial charge in [0.2, 0.25) is 5.91 Å². The Labute approximate surface area is 73.9 Å².